The van der Waals surface area contributed by atoms with E-state index in [-0.39, 0.29) is 17.4 Å². The first-order valence-corrected chi connectivity index (χ1v) is 9.48. The fourth-order valence-electron chi connectivity index (χ4n) is 3.16. The maximum atomic E-state index is 12.8. The van der Waals surface area contributed by atoms with Crippen LogP contribution in [0.5, 0.6) is 0 Å². The molecule has 1 aliphatic heterocycles. The highest BCUT2D eigenvalue weighted by atomic mass is 16.5. The maximum absolute atomic E-state index is 12.8. The van der Waals surface area contributed by atoms with E-state index in [1.807, 2.05) is 6.92 Å². The quantitative estimate of drug-likeness (QED) is 0.796. The molecule has 0 bridgehead atoms. The molecule has 8 heteroatoms. The number of benzene rings is 1. The summed E-state index contributed by atoms with van der Waals surface area (Å²) in [5.41, 5.74) is 1.96. The van der Waals surface area contributed by atoms with E-state index >= 15 is 0 Å². The Balaban J connectivity index is 1.79. The van der Waals surface area contributed by atoms with Crippen LogP contribution in [0.15, 0.2) is 41.3 Å². The number of amides is 2. The van der Waals surface area contributed by atoms with Crippen molar-refractivity contribution in [2.24, 2.45) is 0 Å². The lowest BCUT2D eigenvalue weighted by Crippen LogP contribution is -2.41. The topological polar surface area (TPSA) is 89.9 Å². The number of hydrogen-bond acceptors (Lipinski definition) is 5. The van der Waals surface area contributed by atoms with Gasteiger partial charge in [-0.2, -0.15) is 0 Å². The molecule has 1 aromatic heterocycles. The predicted molar refractivity (Wildman–Crippen MR) is 108 cm³/mol. The van der Waals surface area contributed by atoms with Crippen LogP contribution in [0, 0.1) is 6.92 Å². The minimum absolute atomic E-state index is 0.0741. The molecule has 2 heterocycles. The number of pyridine rings is 1. The Morgan fingerprint density at radius 1 is 1.17 bits per heavy atom. The molecule has 3 rings (SSSR count). The van der Waals surface area contributed by atoms with Crippen LogP contribution in [0.1, 0.15) is 26.3 Å². The summed E-state index contributed by atoms with van der Waals surface area (Å²) in [5.74, 6) is -0.426. The van der Waals surface area contributed by atoms with Gasteiger partial charge in [-0.15, -0.1) is 0 Å². The summed E-state index contributed by atoms with van der Waals surface area (Å²) >= 11 is 0. The van der Waals surface area contributed by atoms with Crippen LogP contribution in [0.4, 0.5) is 5.69 Å². The summed E-state index contributed by atoms with van der Waals surface area (Å²) in [4.78, 5) is 39.2. The van der Waals surface area contributed by atoms with Crippen molar-refractivity contribution >= 4 is 17.5 Å². The minimum Gasteiger partial charge on any atom is -0.383 e. The Labute approximate surface area is 169 Å². The lowest BCUT2D eigenvalue weighted by molar-refractivity contribution is 0.0302. The third-order valence-corrected chi connectivity index (χ3v) is 4.89. The van der Waals surface area contributed by atoms with Gasteiger partial charge in [-0.3, -0.25) is 14.4 Å². The Bertz CT molecular complexity index is 948. The van der Waals surface area contributed by atoms with Gasteiger partial charge in [0.15, 0.2) is 0 Å². The zero-order chi connectivity index (χ0) is 20.8. The van der Waals surface area contributed by atoms with Crippen LogP contribution in [0.25, 0.3) is 0 Å². The molecule has 0 aliphatic carbocycles. The van der Waals surface area contributed by atoms with Crippen LogP contribution >= 0.6 is 0 Å². The van der Waals surface area contributed by atoms with Crippen LogP contribution < -0.4 is 10.9 Å². The largest absolute Gasteiger partial charge is 0.383 e. The molecule has 2 aromatic rings. The molecule has 1 N–H and O–H groups in total. The van der Waals surface area contributed by atoms with Gasteiger partial charge in [0.05, 0.1) is 25.4 Å². The molecule has 0 radical (unpaired) electrons. The molecule has 0 unspecified atom stereocenters. The summed E-state index contributed by atoms with van der Waals surface area (Å²) in [5, 5.41) is 2.85. The van der Waals surface area contributed by atoms with Gasteiger partial charge in [0.1, 0.15) is 0 Å². The van der Waals surface area contributed by atoms with Gasteiger partial charge in [0.25, 0.3) is 17.4 Å². The molecular formula is C21H25N3O5. The first-order chi connectivity index (χ1) is 14.0. The smallest absolute Gasteiger partial charge is 0.257 e. The molecule has 1 saturated heterocycles. The fraction of sp³-hybridized carbons (Fsp3) is 0.381. The third kappa shape index (κ3) is 4.90. The number of methoxy groups -OCH3 is 1. The third-order valence-electron chi connectivity index (χ3n) is 4.89. The van der Waals surface area contributed by atoms with Crippen molar-refractivity contribution in [3.8, 4) is 0 Å². The summed E-state index contributed by atoms with van der Waals surface area (Å²) in [7, 11) is 1.55. The van der Waals surface area contributed by atoms with Crippen LogP contribution in [-0.4, -0.2) is 61.3 Å². The first kappa shape index (κ1) is 20.8. The Kier molecular flexibility index (Phi) is 6.79. The van der Waals surface area contributed by atoms with Crippen molar-refractivity contribution in [2.45, 2.75) is 13.5 Å². The van der Waals surface area contributed by atoms with Crippen LogP contribution in [0.2, 0.25) is 0 Å². The van der Waals surface area contributed by atoms with Gasteiger partial charge in [-0.25, -0.2) is 0 Å². The van der Waals surface area contributed by atoms with Crippen molar-refractivity contribution in [1.82, 2.24) is 9.47 Å². The number of carbonyl (C=O) groups is 2. The number of carbonyl (C=O) groups excluding carboxylic acids is 2. The summed E-state index contributed by atoms with van der Waals surface area (Å²) in [6.45, 7) is 4.70. The molecule has 1 fully saturated rings. The van der Waals surface area contributed by atoms with E-state index in [1.54, 1.807) is 30.2 Å². The standard InChI is InChI=1S/C21H25N3O5/c1-15-17(21(27)23-9-12-29-13-10-23)4-3-5-18(15)22-20(26)16-6-7-19(25)24(14-16)8-11-28-2/h3-7,14H,8-13H2,1-2H3,(H,22,26). The molecule has 8 nitrogen and oxygen atoms in total. The normalized spacial score (nSPS) is 13.9. The lowest BCUT2D eigenvalue weighted by atomic mass is 10.0. The number of nitrogens with zero attached hydrogens (tertiary/aromatic N) is 2. The van der Waals surface area contributed by atoms with Crippen molar-refractivity contribution in [1.29, 1.82) is 0 Å². The summed E-state index contributed by atoms with van der Waals surface area (Å²) in [6, 6.07) is 8.10. The highest BCUT2D eigenvalue weighted by Gasteiger charge is 2.21. The molecule has 1 aromatic carbocycles. The number of morpholine rings is 1. The molecule has 1 aliphatic rings. The van der Waals surface area contributed by atoms with E-state index in [2.05, 4.69) is 5.32 Å². The van der Waals surface area contributed by atoms with Crippen LogP contribution in [0.3, 0.4) is 0 Å². The molecule has 154 valence electrons. The molecule has 29 heavy (non-hydrogen) atoms. The van der Waals surface area contributed by atoms with Gasteiger partial charge in [-0.05, 0) is 30.7 Å². The number of rotatable bonds is 6. The number of ether oxygens (including phenoxy) is 2. The Morgan fingerprint density at radius 2 is 1.93 bits per heavy atom. The zero-order valence-corrected chi connectivity index (χ0v) is 16.6. The van der Waals surface area contributed by atoms with Gasteiger partial charge in [-0.1, -0.05) is 6.07 Å². The van der Waals surface area contributed by atoms with Crippen molar-refractivity contribution in [3.63, 3.8) is 0 Å². The highest BCUT2D eigenvalue weighted by molar-refractivity contribution is 6.05. The SMILES string of the molecule is COCCn1cc(C(=O)Nc2cccc(C(=O)N3CCOCC3)c2C)ccc1=O. The van der Waals surface area contributed by atoms with E-state index in [9.17, 15) is 14.4 Å². The van der Waals surface area contributed by atoms with Gasteiger partial charge < -0.3 is 24.3 Å². The average Bonchev–Trinajstić information content (AvgIpc) is 2.74. The molecule has 2 amide bonds. The van der Waals surface area contributed by atoms with E-state index in [0.29, 0.717) is 61.8 Å². The highest BCUT2D eigenvalue weighted by Crippen LogP contribution is 2.21. The monoisotopic (exact) mass is 399 g/mol. The van der Waals surface area contributed by atoms with E-state index in [0.717, 1.165) is 0 Å². The van der Waals surface area contributed by atoms with Crippen molar-refractivity contribution < 1.29 is 19.1 Å². The Morgan fingerprint density at radius 3 is 2.66 bits per heavy atom. The van der Waals surface area contributed by atoms with Gasteiger partial charge in [0.2, 0.25) is 0 Å². The second kappa shape index (κ2) is 9.49. The fourth-order valence-corrected chi connectivity index (χ4v) is 3.16. The molecular weight excluding hydrogens is 374 g/mol. The second-order valence-corrected chi connectivity index (χ2v) is 6.78. The Hall–Kier alpha value is -2.97. The lowest BCUT2D eigenvalue weighted by Gasteiger charge is -2.27. The first-order valence-electron chi connectivity index (χ1n) is 9.48. The number of nitrogens with one attached hydrogen (secondary N) is 1. The molecule has 0 saturated carbocycles. The molecule has 0 spiro atoms. The van der Waals surface area contributed by atoms with E-state index < -0.39 is 0 Å². The van der Waals surface area contributed by atoms with Gasteiger partial charge >= 0.3 is 0 Å². The minimum atomic E-state index is -0.352. The average molecular weight is 399 g/mol. The second-order valence-electron chi connectivity index (χ2n) is 6.78. The van der Waals surface area contributed by atoms with E-state index in [1.165, 1.54) is 22.9 Å². The van der Waals surface area contributed by atoms with E-state index in [4.69, 9.17) is 9.47 Å². The summed E-state index contributed by atoms with van der Waals surface area (Å²) < 4.78 is 11.7. The number of aromatic nitrogens is 1. The maximum Gasteiger partial charge on any atom is 0.257 e. The van der Waals surface area contributed by atoms with Gasteiger partial charge in [0, 0.05) is 50.3 Å². The summed E-state index contributed by atoms with van der Waals surface area (Å²) in [6.07, 6.45) is 1.51. The molecule has 0 atom stereocenters. The number of hydrogen-bond donors (Lipinski definition) is 1. The number of anilines is 1. The zero-order valence-electron chi connectivity index (χ0n) is 16.6. The van der Waals surface area contributed by atoms with Crippen LogP contribution in [-0.2, 0) is 16.0 Å². The predicted octanol–water partition coefficient (Wildman–Crippen LogP) is 1.53. The van der Waals surface area contributed by atoms with Crippen molar-refractivity contribution in [2.75, 3.05) is 45.3 Å². The van der Waals surface area contributed by atoms with Crippen molar-refractivity contribution in [3.05, 3.63) is 63.6 Å².